The number of hydrogen-bond donors (Lipinski definition) is 0. The quantitative estimate of drug-likeness (QED) is 0.226. The lowest BCUT2D eigenvalue weighted by Gasteiger charge is -2.15. The molecule has 7 nitrogen and oxygen atoms in total. The predicted octanol–water partition coefficient (Wildman–Crippen LogP) is 3.55. The van der Waals surface area contributed by atoms with E-state index in [0.29, 0.717) is 30.3 Å². The average Bonchev–Trinajstić information content (AvgIpc) is 2.72. The Morgan fingerprint density at radius 3 is 2.43 bits per heavy atom. The van der Waals surface area contributed by atoms with Gasteiger partial charge in [-0.05, 0) is 36.8 Å². The van der Waals surface area contributed by atoms with E-state index in [2.05, 4.69) is 11.3 Å². The van der Waals surface area contributed by atoms with E-state index in [1.54, 1.807) is 32.2 Å². The molecular weight excluding hydrogens is 395 g/mol. The van der Waals surface area contributed by atoms with Gasteiger partial charge in [-0.2, -0.15) is 0 Å². The number of rotatable bonds is 12. The van der Waals surface area contributed by atoms with Gasteiger partial charge in [0.15, 0.2) is 11.5 Å². The van der Waals surface area contributed by atoms with E-state index in [4.69, 9.17) is 18.9 Å². The number of methoxy groups -OCH3 is 1. The van der Waals surface area contributed by atoms with Crippen molar-refractivity contribution < 1.29 is 37.7 Å². The second-order valence-corrected chi connectivity index (χ2v) is 6.12. The Morgan fingerprint density at radius 1 is 1.03 bits per heavy atom. The highest BCUT2D eigenvalue weighted by atomic mass is 19.1. The molecule has 0 spiro atoms. The molecule has 0 amide bonds. The Kier molecular flexibility index (Phi) is 8.83. The first-order valence-corrected chi connectivity index (χ1v) is 9.07. The summed E-state index contributed by atoms with van der Waals surface area (Å²) in [6, 6.07) is 9.02. The summed E-state index contributed by atoms with van der Waals surface area (Å²) in [5.41, 5.74) is 1.10. The summed E-state index contributed by atoms with van der Waals surface area (Å²) in [5, 5.41) is 0. The Labute approximate surface area is 174 Å². The fourth-order valence-corrected chi connectivity index (χ4v) is 2.41. The molecule has 30 heavy (non-hydrogen) atoms. The Hall–Kier alpha value is -3.39. The van der Waals surface area contributed by atoms with Crippen LogP contribution in [0.3, 0.4) is 0 Å². The summed E-state index contributed by atoms with van der Waals surface area (Å²) < 4.78 is 40.4. The average molecular weight is 418 g/mol. The maximum absolute atomic E-state index is 14.5. The fourth-order valence-electron chi connectivity index (χ4n) is 2.41. The van der Waals surface area contributed by atoms with Gasteiger partial charge in [0.05, 0.1) is 6.61 Å². The maximum atomic E-state index is 14.5. The normalized spacial score (nSPS) is 10.2. The predicted molar refractivity (Wildman–Crippen MR) is 107 cm³/mol. The zero-order chi connectivity index (χ0) is 21.9. The maximum Gasteiger partial charge on any atom is 0.333 e. The molecule has 0 saturated heterocycles. The Balaban J connectivity index is 2.20. The molecule has 0 aliphatic carbocycles. The highest BCUT2D eigenvalue weighted by molar-refractivity contribution is 5.86. The van der Waals surface area contributed by atoms with Crippen molar-refractivity contribution >= 4 is 12.4 Å². The summed E-state index contributed by atoms with van der Waals surface area (Å²) in [7, 11) is 1.56. The van der Waals surface area contributed by atoms with Gasteiger partial charge in [-0.3, -0.25) is 4.79 Å². The van der Waals surface area contributed by atoms with Gasteiger partial charge in [-0.1, -0.05) is 12.6 Å². The van der Waals surface area contributed by atoms with E-state index in [1.165, 1.54) is 12.1 Å². The monoisotopic (exact) mass is 418 g/mol. The van der Waals surface area contributed by atoms with E-state index in [-0.39, 0.29) is 36.6 Å². The van der Waals surface area contributed by atoms with Crippen LogP contribution < -0.4 is 14.2 Å². The molecule has 160 valence electrons. The zero-order valence-corrected chi connectivity index (χ0v) is 16.8. The number of esters is 1. The minimum absolute atomic E-state index is 0.0134. The molecule has 8 heteroatoms. The number of benzene rings is 2. The van der Waals surface area contributed by atoms with E-state index >= 15 is 0 Å². The SMILES string of the molecule is C=C(C)C(=O)OCCOc1cc(-c2ccc(OC=O)cc2F)ccc1OCCOC. The van der Waals surface area contributed by atoms with Gasteiger partial charge >= 0.3 is 5.97 Å². The first-order chi connectivity index (χ1) is 14.5. The number of halogens is 1. The van der Waals surface area contributed by atoms with Gasteiger partial charge in [-0.15, -0.1) is 0 Å². The van der Waals surface area contributed by atoms with Gasteiger partial charge in [-0.25, -0.2) is 9.18 Å². The minimum atomic E-state index is -0.566. The smallest absolute Gasteiger partial charge is 0.333 e. The molecule has 0 saturated carbocycles. The molecule has 0 atom stereocenters. The summed E-state index contributed by atoms with van der Waals surface area (Å²) in [4.78, 5) is 21.9. The number of carbonyl (C=O) groups is 2. The standard InChI is InChI=1S/C22H23FO7/c1-15(2)22(25)29-11-10-28-21-12-16(4-7-20(21)27-9-8-26-3)18-6-5-17(30-14-24)13-19(18)23/h4-7,12-14H,1,8-11H2,2-3H3. The van der Waals surface area contributed by atoms with Crippen molar-refractivity contribution in [1.82, 2.24) is 0 Å². The van der Waals surface area contributed by atoms with Crippen LogP contribution in [-0.4, -0.2) is 46.0 Å². The molecule has 0 fully saturated rings. The van der Waals surface area contributed by atoms with Crippen LogP contribution in [0.5, 0.6) is 17.2 Å². The first-order valence-electron chi connectivity index (χ1n) is 9.07. The van der Waals surface area contributed by atoms with Crippen LogP contribution in [0.15, 0.2) is 48.6 Å². The van der Waals surface area contributed by atoms with Crippen LogP contribution in [0, 0.1) is 5.82 Å². The Morgan fingerprint density at radius 2 is 1.77 bits per heavy atom. The van der Waals surface area contributed by atoms with Gasteiger partial charge in [0.2, 0.25) is 0 Å². The van der Waals surface area contributed by atoms with Crippen molar-refractivity contribution in [2.75, 3.05) is 33.5 Å². The molecule has 2 rings (SSSR count). The molecule has 2 aromatic rings. The largest absolute Gasteiger partial charge is 0.487 e. The third-order valence-electron chi connectivity index (χ3n) is 3.85. The van der Waals surface area contributed by atoms with Crippen LogP contribution >= 0.6 is 0 Å². The minimum Gasteiger partial charge on any atom is -0.487 e. The molecule has 0 aliphatic rings. The van der Waals surface area contributed by atoms with E-state index in [1.807, 2.05) is 0 Å². The van der Waals surface area contributed by atoms with Gasteiger partial charge in [0.25, 0.3) is 6.47 Å². The second kappa shape index (κ2) is 11.6. The topological polar surface area (TPSA) is 80.3 Å². The van der Waals surface area contributed by atoms with Crippen molar-refractivity contribution in [2.45, 2.75) is 6.92 Å². The molecule has 0 aromatic heterocycles. The molecule has 0 bridgehead atoms. The zero-order valence-electron chi connectivity index (χ0n) is 16.8. The third-order valence-corrected chi connectivity index (χ3v) is 3.85. The molecule has 2 aromatic carbocycles. The first kappa shape index (κ1) is 22.9. The fraction of sp³-hybridized carbons (Fsp3) is 0.273. The van der Waals surface area contributed by atoms with Gasteiger partial charge < -0.3 is 23.7 Å². The lowest BCUT2D eigenvalue weighted by molar-refractivity contribution is -0.139. The molecular formula is C22H23FO7. The van der Waals surface area contributed by atoms with Crippen molar-refractivity contribution in [3.8, 4) is 28.4 Å². The highest BCUT2D eigenvalue weighted by Crippen LogP contribution is 2.34. The lowest BCUT2D eigenvalue weighted by Crippen LogP contribution is -2.13. The summed E-state index contributed by atoms with van der Waals surface area (Å²) in [5.74, 6) is -0.195. The van der Waals surface area contributed by atoms with E-state index in [9.17, 15) is 14.0 Å². The van der Waals surface area contributed by atoms with Crippen molar-refractivity contribution in [2.24, 2.45) is 0 Å². The summed E-state index contributed by atoms with van der Waals surface area (Å²) >= 11 is 0. The summed E-state index contributed by atoms with van der Waals surface area (Å²) in [6.07, 6.45) is 0. The van der Waals surface area contributed by atoms with E-state index in [0.717, 1.165) is 6.07 Å². The van der Waals surface area contributed by atoms with Gasteiger partial charge in [0, 0.05) is 24.3 Å². The van der Waals surface area contributed by atoms with Crippen LogP contribution in [0.4, 0.5) is 4.39 Å². The molecule has 0 heterocycles. The number of ether oxygens (including phenoxy) is 5. The van der Waals surface area contributed by atoms with E-state index < -0.39 is 11.8 Å². The van der Waals surface area contributed by atoms with Crippen LogP contribution in [-0.2, 0) is 19.1 Å². The molecule has 0 N–H and O–H groups in total. The van der Waals surface area contributed by atoms with Crippen molar-refractivity contribution in [3.05, 3.63) is 54.4 Å². The molecule has 0 aliphatic heterocycles. The third kappa shape index (κ3) is 6.59. The lowest BCUT2D eigenvalue weighted by atomic mass is 10.0. The van der Waals surface area contributed by atoms with Crippen LogP contribution in [0.1, 0.15) is 6.92 Å². The molecule has 0 radical (unpaired) electrons. The van der Waals surface area contributed by atoms with Crippen molar-refractivity contribution in [1.29, 1.82) is 0 Å². The second-order valence-electron chi connectivity index (χ2n) is 6.12. The highest BCUT2D eigenvalue weighted by Gasteiger charge is 2.13. The number of carbonyl (C=O) groups excluding carboxylic acids is 2. The van der Waals surface area contributed by atoms with Crippen LogP contribution in [0.25, 0.3) is 11.1 Å². The molecule has 0 unspecified atom stereocenters. The number of hydrogen-bond acceptors (Lipinski definition) is 7. The van der Waals surface area contributed by atoms with Gasteiger partial charge in [0.1, 0.15) is 31.4 Å². The summed E-state index contributed by atoms with van der Waals surface area (Å²) in [6.45, 7) is 6.04. The Bertz CT molecular complexity index is 895. The van der Waals surface area contributed by atoms with Crippen LogP contribution in [0.2, 0.25) is 0 Å². The van der Waals surface area contributed by atoms with Crippen molar-refractivity contribution in [3.63, 3.8) is 0 Å².